The summed E-state index contributed by atoms with van der Waals surface area (Å²) in [6, 6.07) is 2.13. The zero-order valence-corrected chi connectivity index (χ0v) is 14.1. The summed E-state index contributed by atoms with van der Waals surface area (Å²) >= 11 is 0. The fourth-order valence-electron chi connectivity index (χ4n) is 3.55. The minimum absolute atomic E-state index is 0.0720. The molecule has 2 aliphatic heterocycles. The lowest BCUT2D eigenvalue weighted by Gasteiger charge is -2.32. The van der Waals surface area contributed by atoms with Crippen LogP contribution in [0.25, 0.3) is 0 Å². The van der Waals surface area contributed by atoms with Crippen molar-refractivity contribution in [1.82, 2.24) is 14.9 Å². The van der Waals surface area contributed by atoms with E-state index in [0.29, 0.717) is 5.92 Å². The molecule has 0 radical (unpaired) electrons. The minimum atomic E-state index is 0.0720. The molecule has 0 aromatic carbocycles. The van der Waals surface area contributed by atoms with Crippen LogP contribution >= 0.6 is 0 Å². The molecule has 6 heteroatoms. The molecule has 3 heterocycles. The van der Waals surface area contributed by atoms with Gasteiger partial charge in [0.05, 0.1) is 5.69 Å². The Morgan fingerprint density at radius 1 is 1.26 bits per heavy atom. The fourth-order valence-corrected chi connectivity index (χ4v) is 3.55. The van der Waals surface area contributed by atoms with Crippen molar-refractivity contribution in [2.24, 2.45) is 0 Å². The predicted molar refractivity (Wildman–Crippen MR) is 88.6 cm³/mol. The van der Waals surface area contributed by atoms with E-state index in [9.17, 15) is 4.79 Å². The van der Waals surface area contributed by atoms with E-state index < -0.39 is 0 Å². The van der Waals surface area contributed by atoms with Crippen molar-refractivity contribution in [3.63, 3.8) is 0 Å². The predicted octanol–water partition coefficient (Wildman–Crippen LogP) is 1.74. The lowest BCUT2D eigenvalue weighted by atomic mass is 9.94. The van der Waals surface area contributed by atoms with Crippen LogP contribution in [0.1, 0.15) is 43.1 Å². The van der Waals surface area contributed by atoms with Crippen LogP contribution < -0.4 is 4.90 Å². The maximum Gasteiger partial charge on any atom is 0.248 e. The molecule has 1 atom stereocenters. The van der Waals surface area contributed by atoms with Crippen LogP contribution in [0.2, 0.25) is 0 Å². The Labute approximate surface area is 137 Å². The number of carbonyl (C=O) groups is 1. The molecule has 2 saturated heterocycles. The second kappa shape index (κ2) is 7.25. The average molecular weight is 318 g/mol. The number of aryl methyl sites for hydroxylation is 1. The lowest BCUT2D eigenvalue weighted by molar-refractivity contribution is -0.136. The first-order valence-corrected chi connectivity index (χ1v) is 8.54. The molecule has 0 saturated carbocycles. The number of aromatic nitrogens is 2. The summed E-state index contributed by atoms with van der Waals surface area (Å²) in [6.07, 6.45) is 4.57. The van der Waals surface area contributed by atoms with Crippen LogP contribution in [0.4, 0.5) is 5.82 Å². The van der Waals surface area contributed by atoms with Gasteiger partial charge in [-0.25, -0.2) is 9.97 Å². The Bertz CT molecular complexity index is 558. The van der Waals surface area contributed by atoms with Crippen molar-refractivity contribution in [3.8, 4) is 0 Å². The van der Waals surface area contributed by atoms with Gasteiger partial charge in [0.25, 0.3) is 0 Å². The van der Waals surface area contributed by atoms with Gasteiger partial charge in [-0.1, -0.05) is 0 Å². The second-order valence-corrected chi connectivity index (χ2v) is 6.50. The van der Waals surface area contributed by atoms with Gasteiger partial charge in [-0.2, -0.15) is 0 Å². The largest absolute Gasteiger partial charge is 0.375 e. The van der Waals surface area contributed by atoms with Gasteiger partial charge in [0.1, 0.15) is 18.2 Å². The first-order chi connectivity index (χ1) is 11.2. The molecule has 3 rings (SSSR count). The monoisotopic (exact) mass is 318 g/mol. The third kappa shape index (κ3) is 3.80. The number of amides is 1. The Morgan fingerprint density at radius 3 is 2.78 bits per heavy atom. The number of ether oxygens (including phenoxy) is 1. The Hall–Kier alpha value is -1.69. The zero-order valence-electron chi connectivity index (χ0n) is 14.1. The highest BCUT2D eigenvalue weighted by Gasteiger charge is 2.26. The fraction of sp³-hybridized carbons (Fsp3) is 0.706. The smallest absolute Gasteiger partial charge is 0.248 e. The van der Waals surface area contributed by atoms with Crippen molar-refractivity contribution in [1.29, 1.82) is 0 Å². The number of nitrogens with zero attached hydrogens (tertiary/aromatic N) is 4. The van der Waals surface area contributed by atoms with Crippen LogP contribution in [-0.2, 0) is 9.53 Å². The lowest BCUT2D eigenvalue weighted by Crippen LogP contribution is -2.41. The maximum absolute atomic E-state index is 12.1. The molecule has 0 bridgehead atoms. The number of hydrogen-bond donors (Lipinski definition) is 0. The zero-order chi connectivity index (χ0) is 16.2. The second-order valence-electron chi connectivity index (χ2n) is 6.50. The summed E-state index contributed by atoms with van der Waals surface area (Å²) in [4.78, 5) is 25.6. The maximum atomic E-state index is 12.1. The topological polar surface area (TPSA) is 58.6 Å². The SMILES string of the molecule is COCC(=O)N1CCC[C@@H](c2cc(N3CCCC3)nc(C)n2)C1. The molecule has 0 N–H and O–H groups in total. The van der Waals surface area contributed by atoms with E-state index in [0.717, 1.165) is 56.4 Å². The van der Waals surface area contributed by atoms with Crippen LogP contribution in [0.5, 0.6) is 0 Å². The number of anilines is 1. The third-order valence-corrected chi connectivity index (χ3v) is 4.73. The summed E-state index contributed by atoms with van der Waals surface area (Å²) in [5, 5.41) is 0. The standard InChI is InChI=1S/C17H26N4O2/c1-13-18-15(10-16(19-13)20-7-3-4-8-20)14-6-5-9-21(11-14)17(22)12-23-2/h10,14H,3-9,11-12H2,1-2H3/t14-/m1/s1. The molecule has 0 aliphatic carbocycles. The van der Waals surface area contributed by atoms with Gasteiger partial charge in [-0.15, -0.1) is 0 Å². The number of hydrogen-bond acceptors (Lipinski definition) is 5. The van der Waals surface area contributed by atoms with Crippen molar-refractivity contribution in [2.75, 3.05) is 44.8 Å². The highest BCUT2D eigenvalue weighted by Crippen LogP contribution is 2.28. The average Bonchev–Trinajstić information content (AvgIpc) is 3.09. The quantitative estimate of drug-likeness (QED) is 0.846. The molecule has 126 valence electrons. The molecule has 6 nitrogen and oxygen atoms in total. The Balaban J connectivity index is 1.76. The van der Waals surface area contributed by atoms with Crippen molar-refractivity contribution in [3.05, 3.63) is 17.6 Å². The van der Waals surface area contributed by atoms with Crippen molar-refractivity contribution < 1.29 is 9.53 Å². The van der Waals surface area contributed by atoms with Gasteiger partial charge in [0.2, 0.25) is 5.91 Å². The number of methoxy groups -OCH3 is 1. The molecule has 0 spiro atoms. The molecule has 2 aliphatic rings. The highest BCUT2D eigenvalue weighted by molar-refractivity contribution is 5.77. The molecular formula is C17H26N4O2. The summed E-state index contributed by atoms with van der Waals surface area (Å²) in [5.74, 6) is 2.24. The van der Waals surface area contributed by atoms with Gasteiger partial charge in [-0.05, 0) is 32.6 Å². The van der Waals surface area contributed by atoms with E-state index >= 15 is 0 Å². The third-order valence-electron chi connectivity index (χ3n) is 4.73. The number of likely N-dealkylation sites (tertiary alicyclic amines) is 1. The van der Waals surface area contributed by atoms with Crippen molar-refractivity contribution >= 4 is 11.7 Å². The molecule has 0 unspecified atom stereocenters. The molecule has 23 heavy (non-hydrogen) atoms. The van der Waals surface area contributed by atoms with Crippen LogP contribution in [0, 0.1) is 6.92 Å². The number of carbonyl (C=O) groups excluding carboxylic acids is 1. The molecule has 1 amide bonds. The van der Waals surface area contributed by atoms with Gasteiger partial charge in [-0.3, -0.25) is 4.79 Å². The van der Waals surface area contributed by atoms with Crippen molar-refractivity contribution in [2.45, 2.75) is 38.5 Å². The van der Waals surface area contributed by atoms with E-state index in [2.05, 4.69) is 20.9 Å². The first kappa shape index (κ1) is 16.2. The van der Waals surface area contributed by atoms with E-state index in [1.54, 1.807) is 7.11 Å². The number of rotatable bonds is 4. The summed E-state index contributed by atoms with van der Waals surface area (Å²) in [5.41, 5.74) is 1.08. The summed E-state index contributed by atoms with van der Waals surface area (Å²) < 4.78 is 4.98. The molecular weight excluding hydrogens is 292 g/mol. The normalized spacial score (nSPS) is 21.7. The van der Waals surface area contributed by atoms with E-state index in [4.69, 9.17) is 4.74 Å². The van der Waals surface area contributed by atoms with Gasteiger partial charge < -0.3 is 14.5 Å². The Kier molecular flexibility index (Phi) is 5.10. The molecule has 2 fully saturated rings. The van der Waals surface area contributed by atoms with Gasteiger partial charge >= 0.3 is 0 Å². The molecule has 1 aromatic rings. The van der Waals surface area contributed by atoms with Gasteiger partial charge in [0, 0.05) is 45.3 Å². The first-order valence-electron chi connectivity index (χ1n) is 8.54. The van der Waals surface area contributed by atoms with Crippen LogP contribution in [-0.4, -0.2) is 60.7 Å². The van der Waals surface area contributed by atoms with Crippen LogP contribution in [0.3, 0.4) is 0 Å². The van der Waals surface area contributed by atoms with E-state index in [1.165, 1.54) is 12.8 Å². The summed E-state index contributed by atoms with van der Waals surface area (Å²) in [6.45, 7) is 5.84. The van der Waals surface area contributed by atoms with Gasteiger partial charge in [0.15, 0.2) is 0 Å². The summed E-state index contributed by atoms with van der Waals surface area (Å²) in [7, 11) is 1.56. The van der Waals surface area contributed by atoms with E-state index in [1.807, 2.05) is 11.8 Å². The van der Waals surface area contributed by atoms with E-state index in [-0.39, 0.29) is 12.5 Å². The van der Waals surface area contributed by atoms with Crippen LogP contribution in [0.15, 0.2) is 6.07 Å². The Morgan fingerprint density at radius 2 is 2.04 bits per heavy atom. The minimum Gasteiger partial charge on any atom is -0.375 e. The highest BCUT2D eigenvalue weighted by atomic mass is 16.5. The molecule has 1 aromatic heterocycles. The number of piperidine rings is 1.